The number of nitrogens with zero attached hydrogens (tertiary/aromatic N) is 1. The number of aliphatic imine (C=N–C) groups is 1. The number of carbonyl (C=O) groups is 1. The zero-order chi connectivity index (χ0) is 7.40. The van der Waals surface area contributed by atoms with Crippen molar-refractivity contribution in [2.75, 3.05) is 6.61 Å². The number of hydrogen-bond donors (Lipinski definition) is 0. The van der Waals surface area contributed by atoms with Crippen molar-refractivity contribution in [3.8, 4) is 0 Å². The molecule has 1 atom stereocenters. The van der Waals surface area contributed by atoms with E-state index in [4.69, 9.17) is 4.74 Å². The molecule has 54 valence electrons. The van der Waals surface area contributed by atoms with Gasteiger partial charge < -0.3 is 4.74 Å². The van der Waals surface area contributed by atoms with E-state index in [0.717, 1.165) is 0 Å². The second-order valence-corrected chi connectivity index (χ2v) is 1.92. The van der Waals surface area contributed by atoms with Gasteiger partial charge in [-0.3, -0.25) is 9.79 Å². The third-order valence-corrected chi connectivity index (χ3v) is 1.18. The van der Waals surface area contributed by atoms with Crippen LogP contribution in [0.25, 0.3) is 0 Å². The van der Waals surface area contributed by atoms with Gasteiger partial charge in [-0.05, 0) is 13.0 Å². The molecular formula is C7H9NO2. The lowest BCUT2D eigenvalue weighted by molar-refractivity contribution is -0.144. The Balaban J connectivity index is 2.42. The van der Waals surface area contributed by atoms with Crippen LogP contribution in [0.1, 0.15) is 6.92 Å². The molecule has 0 aromatic rings. The first kappa shape index (κ1) is 6.99. The molecular weight excluding hydrogens is 130 g/mol. The average Bonchev–Trinajstić information content (AvgIpc) is 2.38. The second-order valence-electron chi connectivity index (χ2n) is 1.92. The number of ether oxygens (including phenoxy) is 1. The smallest absolute Gasteiger partial charge is 0.318 e. The number of hydrogen-bond acceptors (Lipinski definition) is 3. The summed E-state index contributed by atoms with van der Waals surface area (Å²) < 4.78 is 4.74. The number of carbonyl (C=O) groups excluding carboxylic acids is 1. The maximum Gasteiger partial charge on any atom is 0.318 e. The molecule has 10 heavy (non-hydrogen) atoms. The first-order chi connectivity index (χ1) is 4.84. The summed E-state index contributed by atoms with van der Waals surface area (Å²) in [5, 5.41) is 0. The predicted octanol–water partition coefficient (Wildman–Crippen LogP) is 0.764. The van der Waals surface area contributed by atoms with Crippen LogP contribution in [-0.2, 0) is 9.53 Å². The van der Waals surface area contributed by atoms with Gasteiger partial charge in [-0.25, -0.2) is 0 Å². The lowest BCUT2D eigenvalue weighted by atomic mass is 10.2. The van der Waals surface area contributed by atoms with Crippen molar-refractivity contribution in [3.63, 3.8) is 0 Å². The molecule has 1 heterocycles. The van der Waals surface area contributed by atoms with E-state index in [9.17, 15) is 4.79 Å². The molecule has 0 aliphatic carbocycles. The van der Waals surface area contributed by atoms with Gasteiger partial charge in [0.05, 0.1) is 6.61 Å². The van der Waals surface area contributed by atoms with Crippen LogP contribution >= 0.6 is 0 Å². The molecule has 0 N–H and O–H groups in total. The van der Waals surface area contributed by atoms with Crippen LogP contribution in [-0.4, -0.2) is 18.8 Å². The molecule has 0 spiro atoms. The Hall–Kier alpha value is -1.12. The van der Waals surface area contributed by atoms with Gasteiger partial charge in [-0.2, -0.15) is 0 Å². The van der Waals surface area contributed by atoms with Crippen LogP contribution < -0.4 is 0 Å². The highest BCUT2D eigenvalue weighted by molar-refractivity contribution is 5.93. The van der Waals surface area contributed by atoms with Gasteiger partial charge in [0.15, 0.2) is 0 Å². The first-order valence-electron chi connectivity index (χ1n) is 3.21. The van der Waals surface area contributed by atoms with Crippen molar-refractivity contribution in [2.24, 2.45) is 10.9 Å². The van der Waals surface area contributed by atoms with Gasteiger partial charge in [-0.1, -0.05) is 0 Å². The molecule has 0 aromatic carbocycles. The molecule has 0 saturated heterocycles. The predicted molar refractivity (Wildman–Crippen MR) is 37.8 cm³/mol. The van der Waals surface area contributed by atoms with Crippen molar-refractivity contribution in [2.45, 2.75) is 6.92 Å². The summed E-state index contributed by atoms with van der Waals surface area (Å²) in [5.74, 6) is -0.472. The van der Waals surface area contributed by atoms with E-state index in [1.165, 1.54) is 0 Å². The summed E-state index contributed by atoms with van der Waals surface area (Å²) in [6.07, 6.45) is 4.87. The van der Waals surface area contributed by atoms with E-state index in [2.05, 4.69) is 4.99 Å². The summed E-state index contributed by atoms with van der Waals surface area (Å²) >= 11 is 0. The third kappa shape index (κ3) is 1.43. The Kier molecular flexibility index (Phi) is 2.20. The normalized spacial score (nSPS) is 21.5. The quantitative estimate of drug-likeness (QED) is 0.530. The van der Waals surface area contributed by atoms with E-state index in [-0.39, 0.29) is 11.9 Å². The van der Waals surface area contributed by atoms with Crippen molar-refractivity contribution in [1.82, 2.24) is 0 Å². The molecule has 0 radical (unpaired) electrons. The van der Waals surface area contributed by atoms with Crippen LogP contribution in [0.2, 0.25) is 0 Å². The van der Waals surface area contributed by atoms with Gasteiger partial charge in [0, 0.05) is 12.4 Å². The second kappa shape index (κ2) is 3.15. The maximum absolute atomic E-state index is 10.9. The molecule has 0 saturated carbocycles. The maximum atomic E-state index is 10.9. The van der Waals surface area contributed by atoms with Crippen LogP contribution in [0.5, 0.6) is 0 Å². The van der Waals surface area contributed by atoms with Crippen molar-refractivity contribution >= 4 is 12.2 Å². The highest BCUT2D eigenvalue weighted by Crippen LogP contribution is 2.04. The minimum absolute atomic E-state index is 0.222. The summed E-state index contributed by atoms with van der Waals surface area (Å²) in [6.45, 7) is 2.21. The topological polar surface area (TPSA) is 38.7 Å². The standard InChI is InChI=1S/C7H9NO2/c1-2-10-7(9)6-3-4-8-5-6/h3-6H,2H2,1H3. The van der Waals surface area contributed by atoms with E-state index in [0.29, 0.717) is 6.61 Å². The van der Waals surface area contributed by atoms with Gasteiger partial charge in [0.2, 0.25) is 0 Å². The fourth-order valence-corrected chi connectivity index (χ4v) is 0.712. The molecule has 1 rings (SSSR count). The van der Waals surface area contributed by atoms with Crippen LogP contribution in [0.15, 0.2) is 17.3 Å². The molecule has 3 heteroatoms. The third-order valence-electron chi connectivity index (χ3n) is 1.18. The lowest BCUT2D eigenvalue weighted by Crippen LogP contribution is -2.15. The summed E-state index contributed by atoms with van der Waals surface area (Å²) in [6, 6.07) is 0. The van der Waals surface area contributed by atoms with E-state index in [1.54, 1.807) is 25.4 Å². The van der Waals surface area contributed by atoms with Crippen molar-refractivity contribution in [3.05, 3.63) is 12.3 Å². The van der Waals surface area contributed by atoms with Crippen LogP contribution in [0.3, 0.4) is 0 Å². The first-order valence-corrected chi connectivity index (χ1v) is 3.21. The average molecular weight is 139 g/mol. The van der Waals surface area contributed by atoms with E-state index < -0.39 is 0 Å². The van der Waals surface area contributed by atoms with Gasteiger partial charge in [-0.15, -0.1) is 0 Å². The zero-order valence-electron chi connectivity index (χ0n) is 5.78. The molecule has 1 aliphatic rings. The zero-order valence-corrected chi connectivity index (χ0v) is 5.78. The summed E-state index contributed by atoms with van der Waals surface area (Å²) in [5.41, 5.74) is 0. The fraction of sp³-hybridized carbons (Fsp3) is 0.429. The van der Waals surface area contributed by atoms with Crippen molar-refractivity contribution < 1.29 is 9.53 Å². The summed E-state index contributed by atoms with van der Waals surface area (Å²) in [4.78, 5) is 14.6. The monoisotopic (exact) mass is 139 g/mol. The van der Waals surface area contributed by atoms with E-state index >= 15 is 0 Å². The van der Waals surface area contributed by atoms with Gasteiger partial charge in [0.25, 0.3) is 0 Å². The Morgan fingerprint density at radius 2 is 2.60 bits per heavy atom. The SMILES string of the molecule is CCOC(=O)C1C=CN=C1. The van der Waals surface area contributed by atoms with Gasteiger partial charge in [0.1, 0.15) is 5.92 Å². The lowest BCUT2D eigenvalue weighted by Gasteiger charge is -2.01. The number of esters is 1. The molecule has 3 nitrogen and oxygen atoms in total. The minimum atomic E-state index is -0.250. The largest absolute Gasteiger partial charge is 0.465 e. The molecule has 0 aromatic heterocycles. The highest BCUT2D eigenvalue weighted by atomic mass is 16.5. The highest BCUT2D eigenvalue weighted by Gasteiger charge is 2.15. The van der Waals surface area contributed by atoms with Gasteiger partial charge >= 0.3 is 5.97 Å². The van der Waals surface area contributed by atoms with Crippen LogP contribution in [0.4, 0.5) is 0 Å². The Morgan fingerprint density at radius 1 is 1.80 bits per heavy atom. The summed E-state index contributed by atoms with van der Waals surface area (Å²) in [7, 11) is 0. The Morgan fingerprint density at radius 3 is 3.10 bits per heavy atom. The molecule has 0 fully saturated rings. The Labute approximate surface area is 59.4 Å². The van der Waals surface area contributed by atoms with E-state index in [1.807, 2.05) is 0 Å². The molecule has 0 bridgehead atoms. The molecule has 1 unspecified atom stereocenters. The fourth-order valence-electron chi connectivity index (χ4n) is 0.712. The van der Waals surface area contributed by atoms with Crippen molar-refractivity contribution in [1.29, 1.82) is 0 Å². The molecule has 1 aliphatic heterocycles. The number of rotatable bonds is 2. The molecule has 0 amide bonds. The Bertz CT molecular complexity index is 172. The van der Waals surface area contributed by atoms with Crippen LogP contribution in [0, 0.1) is 5.92 Å². The minimum Gasteiger partial charge on any atom is -0.465 e.